The fourth-order valence-electron chi connectivity index (χ4n) is 2.15. The zero-order chi connectivity index (χ0) is 18.3. The lowest BCUT2D eigenvalue weighted by atomic mass is 10.1. The molecule has 6 nitrogen and oxygen atoms in total. The fourth-order valence-corrected chi connectivity index (χ4v) is 2.15. The molecule has 0 spiro atoms. The van der Waals surface area contributed by atoms with E-state index in [0.717, 1.165) is 5.69 Å². The van der Waals surface area contributed by atoms with Crippen molar-refractivity contribution in [2.75, 3.05) is 0 Å². The number of carbonyl (C=O) groups is 2. The molecule has 2 amide bonds. The summed E-state index contributed by atoms with van der Waals surface area (Å²) in [6.07, 6.45) is 1.02. The average molecular weight is 341 g/mol. The summed E-state index contributed by atoms with van der Waals surface area (Å²) in [7, 11) is 0. The molecule has 0 aliphatic carbocycles. The van der Waals surface area contributed by atoms with Gasteiger partial charge >= 0.3 is 6.09 Å². The quantitative estimate of drug-likeness (QED) is 0.876. The Morgan fingerprint density at radius 1 is 1.08 bits per heavy atom. The van der Waals surface area contributed by atoms with Gasteiger partial charge in [-0.3, -0.25) is 9.78 Å². The molecule has 0 aliphatic heterocycles. The number of nitrogens with zero attached hydrogens (tertiary/aromatic N) is 1. The molecule has 1 aromatic carbocycles. The molecule has 132 valence electrons. The number of benzene rings is 1. The Labute approximate surface area is 147 Å². The Balaban J connectivity index is 2.08. The van der Waals surface area contributed by atoms with Crippen molar-refractivity contribution in [3.05, 3.63) is 66.0 Å². The van der Waals surface area contributed by atoms with Gasteiger partial charge in [0.1, 0.15) is 11.6 Å². The minimum absolute atomic E-state index is 0.277. The minimum Gasteiger partial charge on any atom is -0.444 e. The molecular formula is C19H23N3O3. The van der Waals surface area contributed by atoms with Crippen LogP contribution in [0.3, 0.4) is 0 Å². The lowest BCUT2D eigenvalue weighted by Crippen LogP contribution is -2.42. The van der Waals surface area contributed by atoms with Crippen molar-refractivity contribution in [1.82, 2.24) is 15.6 Å². The van der Waals surface area contributed by atoms with Gasteiger partial charge in [0.25, 0.3) is 0 Å². The van der Waals surface area contributed by atoms with E-state index in [-0.39, 0.29) is 12.5 Å². The van der Waals surface area contributed by atoms with Crippen LogP contribution in [0.4, 0.5) is 4.79 Å². The van der Waals surface area contributed by atoms with Gasteiger partial charge in [0.05, 0.1) is 12.2 Å². The van der Waals surface area contributed by atoms with E-state index in [2.05, 4.69) is 15.6 Å². The van der Waals surface area contributed by atoms with E-state index in [4.69, 9.17) is 4.74 Å². The Bertz CT molecular complexity index is 697. The number of hydrogen-bond acceptors (Lipinski definition) is 4. The number of amides is 2. The Hall–Kier alpha value is -2.89. The Morgan fingerprint density at radius 3 is 2.36 bits per heavy atom. The molecule has 1 atom stereocenters. The highest BCUT2D eigenvalue weighted by Crippen LogP contribution is 2.15. The van der Waals surface area contributed by atoms with Gasteiger partial charge in [-0.1, -0.05) is 36.4 Å². The van der Waals surface area contributed by atoms with Gasteiger partial charge in [0.2, 0.25) is 5.91 Å². The molecule has 2 aromatic rings. The summed E-state index contributed by atoms with van der Waals surface area (Å²) >= 11 is 0. The standard InChI is InChI=1S/C19H23N3O3/c1-19(2,3)25-18(24)22-16(14-9-5-4-6-10-14)17(23)21-13-15-11-7-8-12-20-15/h4-12,16H,13H2,1-3H3,(H,21,23)(H,22,24). The van der Waals surface area contributed by atoms with Crippen LogP contribution in [0.25, 0.3) is 0 Å². The van der Waals surface area contributed by atoms with Crippen LogP contribution in [-0.4, -0.2) is 22.6 Å². The molecule has 1 heterocycles. The average Bonchev–Trinajstić information content (AvgIpc) is 2.58. The number of nitrogens with one attached hydrogen (secondary N) is 2. The third kappa shape index (κ3) is 6.25. The van der Waals surface area contributed by atoms with Crippen molar-refractivity contribution in [3.8, 4) is 0 Å². The molecule has 0 saturated carbocycles. The molecule has 1 unspecified atom stereocenters. The van der Waals surface area contributed by atoms with E-state index < -0.39 is 17.7 Å². The van der Waals surface area contributed by atoms with E-state index in [1.165, 1.54) is 0 Å². The molecule has 1 aromatic heterocycles. The topological polar surface area (TPSA) is 80.3 Å². The third-order valence-corrected chi connectivity index (χ3v) is 3.23. The molecule has 6 heteroatoms. The third-order valence-electron chi connectivity index (χ3n) is 3.23. The molecule has 2 rings (SSSR count). The van der Waals surface area contributed by atoms with Gasteiger partial charge < -0.3 is 15.4 Å². The van der Waals surface area contributed by atoms with Crippen molar-refractivity contribution >= 4 is 12.0 Å². The fraction of sp³-hybridized carbons (Fsp3) is 0.316. The lowest BCUT2D eigenvalue weighted by Gasteiger charge is -2.23. The van der Waals surface area contributed by atoms with Crippen molar-refractivity contribution in [2.24, 2.45) is 0 Å². The van der Waals surface area contributed by atoms with E-state index in [9.17, 15) is 9.59 Å². The molecule has 2 N–H and O–H groups in total. The van der Waals surface area contributed by atoms with Gasteiger partial charge in [-0.05, 0) is 38.5 Å². The van der Waals surface area contributed by atoms with Crippen molar-refractivity contribution < 1.29 is 14.3 Å². The summed E-state index contributed by atoms with van der Waals surface area (Å²) < 4.78 is 5.26. The summed E-state index contributed by atoms with van der Waals surface area (Å²) in [5.74, 6) is -0.331. The van der Waals surface area contributed by atoms with Crippen LogP contribution in [0.15, 0.2) is 54.7 Å². The smallest absolute Gasteiger partial charge is 0.408 e. The maximum absolute atomic E-state index is 12.6. The molecule has 0 aliphatic rings. The number of alkyl carbamates (subject to hydrolysis) is 1. The first kappa shape index (κ1) is 18.4. The van der Waals surface area contributed by atoms with Gasteiger partial charge in [0, 0.05) is 6.20 Å². The van der Waals surface area contributed by atoms with Gasteiger partial charge in [0.15, 0.2) is 0 Å². The van der Waals surface area contributed by atoms with Crippen LogP contribution < -0.4 is 10.6 Å². The number of aromatic nitrogens is 1. The maximum Gasteiger partial charge on any atom is 0.408 e. The summed E-state index contributed by atoms with van der Waals surface area (Å²) in [6.45, 7) is 5.58. The highest BCUT2D eigenvalue weighted by molar-refractivity contribution is 5.86. The molecule has 0 bridgehead atoms. The van der Waals surface area contributed by atoms with E-state index in [1.807, 2.05) is 36.4 Å². The van der Waals surface area contributed by atoms with Gasteiger partial charge in [-0.15, -0.1) is 0 Å². The zero-order valence-corrected chi connectivity index (χ0v) is 14.7. The van der Waals surface area contributed by atoms with Gasteiger partial charge in [-0.2, -0.15) is 0 Å². The van der Waals surface area contributed by atoms with E-state index in [1.54, 1.807) is 39.1 Å². The minimum atomic E-state index is -0.847. The normalized spacial score (nSPS) is 12.1. The summed E-state index contributed by atoms with van der Waals surface area (Å²) in [4.78, 5) is 28.9. The number of carbonyl (C=O) groups excluding carboxylic acids is 2. The monoisotopic (exact) mass is 341 g/mol. The summed E-state index contributed by atoms with van der Waals surface area (Å²) in [6, 6.07) is 13.7. The lowest BCUT2D eigenvalue weighted by molar-refractivity contribution is -0.123. The predicted molar refractivity (Wildman–Crippen MR) is 94.6 cm³/mol. The Kier molecular flexibility index (Phi) is 6.11. The van der Waals surface area contributed by atoms with Crippen molar-refractivity contribution in [1.29, 1.82) is 0 Å². The summed E-state index contributed by atoms with van der Waals surface area (Å²) in [5, 5.41) is 5.43. The first-order chi connectivity index (χ1) is 11.8. The van der Waals surface area contributed by atoms with Crippen LogP contribution >= 0.6 is 0 Å². The second-order valence-corrected chi connectivity index (χ2v) is 6.53. The number of hydrogen-bond donors (Lipinski definition) is 2. The van der Waals surface area contributed by atoms with Crippen molar-refractivity contribution in [2.45, 2.75) is 39.0 Å². The first-order valence-corrected chi connectivity index (χ1v) is 8.07. The number of rotatable bonds is 5. The highest BCUT2D eigenvalue weighted by Gasteiger charge is 2.25. The van der Waals surface area contributed by atoms with Crippen LogP contribution in [0.2, 0.25) is 0 Å². The summed E-state index contributed by atoms with van der Waals surface area (Å²) in [5.41, 5.74) is 0.766. The molecule has 0 fully saturated rings. The van der Waals surface area contributed by atoms with Crippen LogP contribution in [0.1, 0.15) is 38.1 Å². The van der Waals surface area contributed by atoms with E-state index >= 15 is 0 Å². The molecule has 0 saturated heterocycles. The van der Waals surface area contributed by atoms with Crippen LogP contribution in [-0.2, 0) is 16.1 Å². The largest absolute Gasteiger partial charge is 0.444 e. The maximum atomic E-state index is 12.6. The van der Waals surface area contributed by atoms with Crippen LogP contribution in [0.5, 0.6) is 0 Å². The number of pyridine rings is 1. The molecule has 0 radical (unpaired) electrons. The first-order valence-electron chi connectivity index (χ1n) is 8.07. The number of ether oxygens (including phenoxy) is 1. The zero-order valence-electron chi connectivity index (χ0n) is 14.7. The van der Waals surface area contributed by atoms with Gasteiger partial charge in [-0.25, -0.2) is 4.79 Å². The van der Waals surface area contributed by atoms with E-state index in [0.29, 0.717) is 5.56 Å². The van der Waals surface area contributed by atoms with Crippen LogP contribution in [0, 0.1) is 0 Å². The van der Waals surface area contributed by atoms with Crippen molar-refractivity contribution in [3.63, 3.8) is 0 Å². The second-order valence-electron chi connectivity index (χ2n) is 6.53. The molecular weight excluding hydrogens is 318 g/mol. The molecule has 25 heavy (non-hydrogen) atoms. The SMILES string of the molecule is CC(C)(C)OC(=O)NC(C(=O)NCc1ccccn1)c1ccccc1. The predicted octanol–water partition coefficient (Wildman–Crippen LogP) is 2.96. The highest BCUT2D eigenvalue weighted by atomic mass is 16.6. The Morgan fingerprint density at radius 2 is 1.76 bits per heavy atom. The second kappa shape index (κ2) is 8.28.